The number of nitrogens with two attached hydrogens (primary N) is 1. The zero-order chi connectivity index (χ0) is 14.7. The molecular formula is C14H16ClN3O2. The lowest BCUT2D eigenvalue weighted by Gasteiger charge is -2.10. The minimum atomic E-state index is -0.231. The Balaban J connectivity index is 2.23. The zero-order valence-electron chi connectivity index (χ0n) is 11.3. The first kappa shape index (κ1) is 14.3. The third-order valence-corrected chi connectivity index (χ3v) is 3.13. The SMILES string of the molecule is CCn1cc(Cl)cc1C(=O)Nc1ccc(N)c(OC)c1. The molecule has 0 aliphatic carbocycles. The van der Waals surface area contributed by atoms with Crippen molar-refractivity contribution in [1.82, 2.24) is 4.57 Å². The molecule has 0 aliphatic heterocycles. The summed E-state index contributed by atoms with van der Waals surface area (Å²) in [6.45, 7) is 2.61. The summed E-state index contributed by atoms with van der Waals surface area (Å²) in [6.07, 6.45) is 1.72. The Hall–Kier alpha value is -2.14. The fourth-order valence-electron chi connectivity index (χ4n) is 1.91. The van der Waals surface area contributed by atoms with Crippen LogP contribution in [0.5, 0.6) is 5.75 Å². The number of nitrogen functional groups attached to an aromatic ring is 1. The Morgan fingerprint density at radius 3 is 2.85 bits per heavy atom. The smallest absolute Gasteiger partial charge is 0.272 e. The van der Waals surface area contributed by atoms with Crippen molar-refractivity contribution in [3.05, 3.63) is 41.2 Å². The first-order valence-corrected chi connectivity index (χ1v) is 6.53. The fraction of sp³-hybridized carbons (Fsp3) is 0.214. The maximum Gasteiger partial charge on any atom is 0.272 e. The fourth-order valence-corrected chi connectivity index (χ4v) is 2.13. The van der Waals surface area contributed by atoms with E-state index in [1.165, 1.54) is 7.11 Å². The third kappa shape index (κ3) is 2.88. The highest BCUT2D eigenvalue weighted by Gasteiger charge is 2.13. The lowest BCUT2D eigenvalue weighted by molar-refractivity contribution is 0.101. The number of hydrogen-bond donors (Lipinski definition) is 2. The lowest BCUT2D eigenvalue weighted by atomic mass is 10.2. The average molecular weight is 294 g/mol. The van der Waals surface area contributed by atoms with E-state index in [4.69, 9.17) is 22.1 Å². The molecule has 0 radical (unpaired) electrons. The number of anilines is 2. The molecule has 3 N–H and O–H groups in total. The van der Waals surface area contributed by atoms with Crippen LogP contribution in [0.2, 0.25) is 5.02 Å². The highest BCUT2D eigenvalue weighted by atomic mass is 35.5. The maximum atomic E-state index is 12.2. The van der Waals surface area contributed by atoms with Crippen molar-refractivity contribution in [2.45, 2.75) is 13.5 Å². The van der Waals surface area contributed by atoms with Crippen molar-refractivity contribution < 1.29 is 9.53 Å². The van der Waals surface area contributed by atoms with Gasteiger partial charge in [0.15, 0.2) is 0 Å². The number of halogens is 1. The zero-order valence-corrected chi connectivity index (χ0v) is 12.1. The second-order valence-electron chi connectivity index (χ2n) is 4.24. The molecule has 6 heteroatoms. The molecule has 0 bridgehead atoms. The predicted octanol–water partition coefficient (Wildman–Crippen LogP) is 3.00. The van der Waals surface area contributed by atoms with Crippen molar-refractivity contribution >= 4 is 28.9 Å². The number of carbonyl (C=O) groups is 1. The van der Waals surface area contributed by atoms with Gasteiger partial charge < -0.3 is 20.4 Å². The van der Waals surface area contributed by atoms with E-state index < -0.39 is 0 Å². The molecule has 0 fully saturated rings. The van der Waals surface area contributed by atoms with Gasteiger partial charge in [-0.25, -0.2) is 0 Å². The lowest BCUT2D eigenvalue weighted by Crippen LogP contribution is -2.16. The number of nitrogens with one attached hydrogen (secondary N) is 1. The number of aryl methyl sites for hydroxylation is 1. The van der Waals surface area contributed by atoms with E-state index in [1.807, 2.05) is 6.92 Å². The Morgan fingerprint density at radius 1 is 1.45 bits per heavy atom. The number of rotatable bonds is 4. The highest BCUT2D eigenvalue weighted by Crippen LogP contribution is 2.25. The molecule has 0 saturated carbocycles. The van der Waals surface area contributed by atoms with Crippen molar-refractivity contribution in [2.75, 3.05) is 18.2 Å². The van der Waals surface area contributed by atoms with Gasteiger partial charge in [-0.2, -0.15) is 0 Å². The van der Waals surface area contributed by atoms with E-state index in [0.717, 1.165) is 0 Å². The summed E-state index contributed by atoms with van der Waals surface area (Å²) in [6, 6.07) is 6.71. The van der Waals surface area contributed by atoms with E-state index in [-0.39, 0.29) is 5.91 Å². The van der Waals surface area contributed by atoms with Gasteiger partial charge >= 0.3 is 0 Å². The minimum Gasteiger partial charge on any atom is -0.495 e. The van der Waals surface area contributed by atoms with Crippen molar-refractivity contribution in [1.29, 1.82) is 0 Å². The number of nitrogens with zero attached hydrogens (tertiary/aromatic N) is 1. The van der Waals surface area contributed by atoms with Crippen LogP contribution >= 0.6 is 11.6 Å². The number of ether oxygens (including phenoxy) is 1. The van der Waals surface area contributed by atoms with Crippen LogP contribution < -0.4 is 15.8 Å². The molecule has 0 atom stereocenters. The second kappa shape index (κ2) is 5.88. The molecular weight excluding hydrogens is 278 g/mol. The van der Waals surface area contributed by atoms with Gasteiger partial charge in [0.25, 0.3) is 5.91 Å². The number of carbonyl (C=O) groups excluding carboxylic acids is 1. The molecule has 0 saturated heterocycles. The van der Waals surface area contributed by atoms with Gasteiger partial charge in [0.2, 0.25) is 0 Å². The van der Waals surface area contributed by atoms with Gasteiger partial charge in [-0.15, -0.1) is 0 Å². The first-order chi connectivity index (χ1) is 9.55. The van der Waals surface area contributed by atoms with Crippen LogP contribution in [0.1, 0.15) is 17.4 Å². The standard InChI is InChI=1S/C14H16ClN3O2/c1-3-18-8-9(15)6-12(18)14(19)17-10-4-5-11(16)13(7-10)20-2/h4-8H,3,16H2,1-2H3,(H,17,19). The number of methoxy groups -OCH3 is 1. The van der Waals surface area contributed by atoms with Crippen LogP contribution in [-0.2, 0) is 6.54 Å². The van der Waals surface area contributed by atoms with Crippen LogP contribution in [0.4, 0.5) is 11.4 Å². The third-order valence-electron chi connectivity index (χ3n) is 2.93. The van der Waals surface area contributed by atoms with E-state index >= 15 is 0 Å². The Kier molecular flexibility index (Phi) is 4.20. The summed E-state index contributed by atoms with van der Waals surface area (Å²) in [5, 5.41) is 3.33. The maximum absolute atomic E-state index is 12.2. The van der Waals surface area contributed by atoms with Crippen molar-refractivity contribution in [3.8, 4) is 5.75 Å². The van der Waals surface area contributed by atoms with Gasteiger partial charge in [0.05, 0.1) is 17.8 Å². The molecule has 20 heavy (non-hydrogen) atoms. The van der Waals surface area contributed by atoms with Crippen molar-refractivity contribution in [3.63, 3.8) is 0 Å². The van der Waals surface area contributed by atoms with Crippen molar-refractivity contribution in [2.24, 2.45) is 0 Å². The van der Waals surface area contributed by atoms with Crippen LogP contribution in [0, 0.1) is 0 Å². The molecule has 0 aliphatic rings. The number of hydrogen-bond acceptors (Lipinski definition) is 3. The van der Waals surface area contributed by atoms with Gasteiger partial charge in [-0.05, 0) is 25.1 Å². The summed E-state index contributed by atoms with van der Waals surface area (Å²) in [5.74, 6) is 0.289. The normalized spacial score (nSPS) is 10.3. The van der Waals surface area contributed by atoms with Gasteiger partial charge in [0, 0.05) is 24.5 Å². The van der Waals surface area contributed by atoms with Crippen LogP contribution in [-0.4, -0.2) is 17.6 Å². The Bertz CT molecular complexity index is 637. The van der Waals surface area contributed by atoms with E-state index in [1.54, 1.807) is 35.0 Å². The van der Waals surface area contributed by atoms with Crippen LogP contribution in [0.15, 0.2) is 30.5 Å². The highest BCUT2D eigenvalue weighted by molar-refractivity contribution is 6.31. The van der Waals surface area contributed by atoms with Gasteiger partial charge in [-0.3, -0.25) is 4.79 Å². The average Bonchev–Trinajstić information content (AvgIpc) is 2.82. The summed E-state index contributed by atoms with van der Waals surface area (Å²) in [4.78, 5) is 12.2. The molecule has 0 unspecified atom stereocenters. The molecule has 2 rings (SSSR count). The van der Waals surface area contributed by atoms with E-state index in [2.05, 4.69) is 5.32 Å². The summed E-state index contributed by atoms with van der Waals surface area (Å²) in [5.41, 5.74) is 7.37. The van der Waals surface area contributed by atoms with Crippen LogP contribution in [0.25, 0.3) is 0 Å². The Morgan fingerprint density at radius 2 is 2.20 bits per heavy atom. The minimum absolute atomic E-state index is 0.231. The summed E-state index contributed by atoms with van der Waals surface area (Å²) >= 11 is 5.92. The molecule has 5 nitrogen and oxygen atoms in total. The van der Waals surface area contributed by atoms with Gasteiger partial charge in [-0.1, -0.05) is 11.6 Å². The summed E-state index contributed by atoms with van der Waals surface area (Å²) < 4.78 is 6.90. The molecule has 0 spiro atoms. The molecule has 1 amide bonds. The predicted molar refractivity (Wildman–Crippen MR) is 80.5 cm³/mol. The molecule has 106 valence electrons. The first-order valence-electron chi connectivity index (χ1n) is 6.15. The Labute approximate surface area is 122 Å². The van der Waals surface area contributed by atoms with E-state index in [9.17, 15) is 4.79 Å². The number of amides is 1. The number of aromatic nitrogens is 1. The van der Waals surface area contributed by atoms with E-state index in [0.29, 0.717) is 34.4 Å². The van der Waals surface area contributed by atoms with Gasteiger partial charge in [0.1, 0.15) is 11.4 Å². The molecule has 1 aromatic carbocycles. The number of benzene rings is 1. The molecule has 2 aromatic rings. The van der Waals surface area contributed by atoms with Crippen LogP contribution in [0.3, 0.4) is 0 Å². The molecule has 1 heterocycles. The monoisotopic (exact) mass is 293 g/mol. The summed E-state index contributed by atoms with van der Waals surface area (Å²) in [7, 11) is 1.53. The quantitative estimate of drug-likeness (QED) is 0.851. The molecule has 1 aromatic heterocycles. The largest absolute Gasteiger partial charge is 0.495 e. The topological polar surface area (TPSA) is 69.3 Å². The second-order valence-corrected chi connectivity index (χ2v) is 4.68.